The lowest BCUT2D eigenvalue weighted by molar-refractivity contribution is -0.384. The maximum Gasteiger partial charge on any atom is 0.269 e. The second-order valence-corrected chi connectivity index (χ2v) is 5.82. The third kappa shape index (κ3) is 3.82. The molecule has 6 heteroatoms. The SMILES string of the molecule is CC1CCN(C(=O)C(C#N)Cc2ccc([N+](=O)[O-])cc2)CC1. The molecule has 0 saturated carbocycles. The van der Waals surface area contributed by atoms with Crippen molar-refractivity contribution < 1.29 is 9.72 Å². The minimum Gasteiger partial charge on any atom is -0.342 e. The summed E-state index contributed by atoms with van der Waals surface area (Å²) in [5.41, 5.74) is 0.768. The molecule has 6 nitrogen and oxygen atoms in total. The van der Waals surface area contributed by atoms with E-state index in [9.17, 15) is 20.2 Å². The van der Waals surface area contributed by atoms with Crippen molar-refractivity contribution in [3.8, 4) is 6.07 Å². The Bertz CT molecular complexity index is 584. The molecule has 1 aliphatic rings. The molecule has 1 heterocycles. The molecule has 0 N–H and O–H groups in total. The summed E-state index contributed by atoms with van der Waals surface area (Å²) in [6, 6.07) is 8.08. The van der Waals surface area contributed by atoms with E-state index in [0.29, 0.717) is 25.4 Å². The molecule has 116 valence electrons. The number of amides is 1. The average molecular weight is 301 g/mol. The zero-order chi connectivity index (χ0) is 16.1. The standard InChI is InChI=1S/C16H19N3O3/c1-12-6-8-18(9-7-12)16(20)14(11-17)10-13-2-4-15(5-3-13)19(21)22/h2-5,12,14H,6-10H2,1H3. The van der Waals surface area contributed by atoms with Gasteiger partial charge in [0.25, 0.3) is 5.69 Å². The Morgan fingerprint density at radius 1 is 1.41 bits per heavy atom. The van der Waals surface area contributed by atoms with Crippen LogP contribution in [0, 0.1) is 33.3 Å². The molecule has 2 rings (SSSR count). The van der Waals surface area contributed by atoms with E-state index in [1.54, 1.807) is 17.0 Å². The van der Waals surface area contributed by atoms with Crippen molar-refractivity contribution in [3.05, 3.63) is 39.9 Å². The molecule has 1 unspecified atom stereocenters. The lowest BCUT2D eigenvalue weighted by Gasteiger charge is -2.31. The maximum atomic E-state index is 12.4. The highest BCUT2D eigenvalue weighted by Crippen LogP contribution is 2.20. The molecule has 0 bridgehead atoms. The summed E-state index contributed by atoms with van der Waals surface area (Å²) in [5, 5.41) is 19.9. The summed E-state index contributed by atoms with van der Waals surface area (Å²) in [6.07, 6.45) is 2.24. The molecule has 0 aromatic heterocycles. The minimum absolute atomic E-state index is 0.00797. The topological polar surface area (TPSA) is 87.2 Å². The van der Waals surface area contributed by atoms with Gasteiger partial charge in [0.05, 0.1) is 11.0 Å². The number of nitrogens with zero attached hydrogens (tertiary/aromatic N) is 3. The zero-order valence-electron chi connectivity index (χ0n) is 12.6. The number of hydrogen-bond donors (Lipinski definition) is 0. The van der Waals surface area contributed by atoms with E-state index in [0.717, 1.165) is 18.4 Å². The lowest BCUT2D eigenvalue weighted by atomic mass is 9.95. The first-order chi connectivity index (χ1) is 10.5. The van der Waals surface area contributed by atoms with Crippen LogP contribution in [-0.2, 0) is 11.2 Å². The summed E-state index contributed by atoms with van der Waals surface area (Å²) < 4.78 is 0. The highest BCUT2D eigenvalue weighted by molar-refractivity contribution is 5.81. The monoisotopic (exact) mass is 301 g/mol. The van der Waals surface area contributed by atoms with Gasteiger partial charge in [-0.05, 0) is 30.7 Å². The van der Waals surface area contributed by atoms with E-state index in [1.165, 1.54) is 12.1 Å². The lowest BCUT2D eigenvalue weighted by Crippen LogP contribution is -2.41. The third-order valence-corrected chi connectivity index (χ3v) is 4.14. The molecule has 1 aliphatic heterocycles. The van der Waals surface area contributed by atoms with Gasteiger partial charge >= 0.3 is 0 Å². The Morgan fingerprint density at radius 2 is 2.00 bits per heavy atom. The van der Waals surface area contributed by atoms with E-state index in [2.05, 4.69) is 13.0 Å². The molecule has 1 aromatic carbocycles. The van der Waals surface area contributed by atoms with Gasteiger partial charge in [0.1, 0.15) is 5.92 Å². The van der Waals surface area contributed by atoms with Crippen LogP contribution in [0.15, 0.2) is 24.3 Å². The number of benzene rings is 1. The number of carbonyl (C=O) groups is 1. The number of nitro benzene ring substituents is 1. The van der Waals surface area contributed by atoms with Crippen molar-refractivity contribution in [1.29, 1.82) is 5.26 Å². The third-order valence-electron chi connectivity index (χ3n) is 4.14. The van der Waals surface area contributed by atoms with Gasteiger partial charge in [0.2, 0.25) is 5.91 Å². The van der Waals surface area contributed by atoms with Gasteiger partial charge in [-0.3, -0.25) is 14.9 Å². The van der Waals surface area contributed by atoms with Crippen LogP contribution < -0.4 is 0 Å². The second kappa shape index (κ2) is 7.03. The van der Waals surface area contributed by atoms with Crippen LogP contribution in [0.1, 0.15) is 25.3 Å². The number of likely N-dealkylation sites (tertiary alicyclic amines) is 1. The Balaban J connectivity index is 2.01. The van der Waals surface area contributed by atoms with Gasteiger partial charge in [0, 0.05) is 25.2 Å². The van der Waals surface area contributed by atoms with Crippen molar-refractivity contribution in [2.75, 3.05) is 13.1 Å². The Kier molecular flexibility index (Phi) is 5.10. The molecule has 1 amide bonds. The molecule has 0 spiro atoms. The van der Waals surface area contributed by atoms with E-state index < -0.39 is 10.8 Å². The maximum absolute atomic E-state index is 12.4. The van der Waals surface area contributed by atoms with Gasteiger partial charge in [-0.1, -0.05) is 19.1 Å². The zero-order valence-corrected chi connectivity index (χ0v) is 12.6. The molecule has 22 heavy (non-hydrogen) atoms. The van der Waals surface area contributed by atoms with Crippen LogP contribution >= 0.6 is 0 Å². The molecular weight excluding hydrogens is 282 g/mol. The molecule has 1 fully saturated rings. The van der Waals surface area contributed by atoms with Crippen LogP contribution in [0.3, 0.4) is 0 Å². The van der Waals surface area contributed by atoms with Crippen LogP contribution in [0.5, 0.6) is 0 Å². The first kappa shape index (κ1) is 16.0. The fourth-order valence-electron chi connectivity index (χ4n) is 2.63. The fraction of sp³-hybridized carbons (Fsp3) is 0.500. The molecule has 1 aromatic rings. The van der Waals surface area contributed by atoms with Crippen LogP contribution in [0.4, 0.5) is 5.69 Å². The molecule has 1 atom stereocenters. The largest absolute Gasteiger partial charge is 0.342 e. The van der Waals surface area contributed by atoms with Crippen LogP contribution in [0.25, 0.3) is 0 Å². The van der Waals surface area contributed by atoms with E-state index in [1.807, 2.05) is 0 Å². The number of rotatable bonds is 4. The highest BCUT2D eigenvalue weighted by Gasteiger charge is 2.27. The summed E-state index contributed by atoms with van der Waals surface area (Å²) >= 11 is 0. The van der Waals surface area contributed by atoms with Crippen molar-refractivity contribution in [2.45, 2.75) is 26.2 Å². The number of carbonyl (C=O) groups excluding carboxylic acids is 1. The fourth-order valence-corrected chi connectivity index (χ4v) is 2.63. The Morgan fingerprint density at radius 3 is 2.50 bits per heavy atom. The number of hydrogen-bond acceptors (Lipinski definition) is 4. The summed E-state index contributed by atoms with van der Waals surface area (Å²) in [5.74, 6) is -0.234. The highest BCUT2D eigenvalue weighted by atomic mass is 16.6. The van der Waals surface area contributed by atoms with E-state index in [-0.39, 0.29) is 11.6 Å². The Hall–Kier alpha value is -2.42. The normalized spacial score (nSPS) is 16.8. The second-order valence-electron chi connectivity index (χ2n) is 5.82. The summed E-state index contributed by atoms with van der Waals surface area (Å²) in [7, 11) is 0. The first-order valence-electron chi connectivity index (χ1n) is 7.43. The van der Waals surface area contributed by atoms with Gasteiger partial charge in [-0.15, -0.1) is 0 Å². The average Bonchev–Trinajstić information content (AvgIpc) is 2.53. The number of nitro groups is 1. The van der Waals surface area contributed by atoms with E-state index in [4.69, 9.17) is 0 Å². The van der Waals surface area contributed by atoms with Crippen molar-refractivity contribution in [3.63, 3.8) is 0 Å². The smallest absolute Gasteiger partial charge is 0.269 e. The molecule has 1 saturated heterocycles. The number of non-ortho nitro benzene ring substituents is 1. The van der Waals surface area contributed by atoms with Gasteiger partial charge in [-0.2, -0.15) is 5.26 Å². The summed E-state index contributed by atoms with van der Waals surface area (Å²) in [4.78, 5) is 24.3. The van der Waals surface area contributed by atoms with E-state index >= 15 is 0 Å². The van der Waals surface area contributed by atoms with Crippen molar-refractivity contribution in [1.82, 2.24) is 4.90 Å². The van der Waals surface area contributed by atoms with Crippen molar-refractivity contribution >= 4 is 11.6 Å². The van der Waals surface area contributed by atoms with Gasteiger partial charge in [0.15, 0.2) is 0 Å². The molecule has 0 radical (unpaired) electrons. The minimum atomic E-state index is -0.727. The Labute approximate surface area is 129 Å². The quantitative estimate of drug-likeness (QED) is 0.631. The first-order valence-corrected chi connectivity index (χ1v) is 7.43. The predicted octanol–water partition coefficient (Wildman–Crippen LogP) is 2.54. The van der Waals surface area contributed by atoms with Crippen molar-refractivity contribution in [2.24, 2.45) is 11.8 Å². The number of piperidine rings is 1. The van der Waals surface area contributed by atoms with Crippen LogP contribution in [0.2, 0.25) is 0 Å². The predicted molar refractivity (Wildman–Crippen MR) is 80.9 cm³/mol. The number of nitriles is 1. The van der Waals surface area contributed by atoms with Crippen LogP contribution in [-0.4, -0.2) is 28.8 Å². The molecule has 0 aliphatic carbocycles. The van der Waals surface area contributed by atoms with Gasteiger partial charge in [-0.25, -0.2) is 0 Å². The van der Waals surface area contributed by atoms with Gasteiger partial charge < -0.3 is 4.90 Å². The summed E-state index contributed by atoms with van der Waals surface area (Å²) in [6.45, 7) is 3.58. The molecular formula is C16H19N3O3.